The number of thioether (sulfide) groups is 1. The Morgan fingerprint density at radius 1 is 1.24 bits per heavy atom. The molecule has 3 heteroatoms. The number of benzene rings is 1. The Hall–Kier alpha value is -0.510. The summed E-state index contributed by atoms with van der Waals surface area (Å²) < 4.78 is -0.252. The first kappa shape index (κ1) is 14.6. The van der Waals surface area contributed by atoms with Gasteiger partial charge in [0.05, 0.1) is 6.10 Å². The van der Waals surface area contributed by atoms with Crippen molar-refractivity contribution >= 4 is 11.8 Å². The zero-order valence-corrected chi connectivity index (χ0v) is 11.6. The fourth-order valence-electron chi connectivity index (χ4n) is 1.71. The van der Waals surface area contributed by atoms with Gasteiger partial charge in [0, 0.05) is 23.0 Å². The van der Waals surface area contributed by atoms with Gasteiger partial charge in [-0.25, -0.2) is 0 Å². The Morgan fingerprint density at radius 2 is 1.82 bits per heavy atom. The van der Waals surface area contributed by atoms with Gasteiger partial charge >= 0.3 is 0 Å². The molecule has 0 bridgehead atoms. The van der Waals surface area contributed by atoms with E-state index >= 15 is 0 Å². The van der Waals surface area contributed by atoms with Crippen molar-refractivity contribution in [3.63, 3.8) is 0 Å². The molecule has 2 N–H and O–H groups in total. The molecule has 0 aliphatic heterocycles. The highest BCUT2D eigenvalue weighted by Crippen LogP contribution is 2.34. The average Bonchev–Trinajstić information content (AvgIpc) is 2.36. The van der Waals surface area contributed by atoms with Crippen LogP contribution in [0.1, 0.15) is 26.3 Å². The molecular weight excluding hydrogens is 232 g/mol. The Balaban J connectivity index is 2.55. The number of rotatable bonds is 6. The van der Waals surface area contributed by atoms with Crippen molar-refractivity contribution in [2.45, 2.75) is 37.4 Å². The van der Waals surface area contributed by atoms with E-state index in [-0.39, 0.29) is 17.3 Å². The largest absolute Gasteiger partial charge is 0.396 e. The zero-order valence-electron chi connectivity index (χ0n) is 10.8. The van der Waals surface area contributed by atoms with Crippen LogP contribution < -0.4 is 0 Å². The van der Waals surface area contributed by atoms with E-state index in [2.05, 4.69) is 12.1 Å². The van der Waals surface area contributed by atoms with Crippen molar-refractivity contribution in [2.75, 3.05) is 6.61 Å². The van der Waals surface area contributed by atoms with Crippen LogP contribution in [-0.4, -0.2) is 27.7 Å². The summed E-state index contributed by atoms with van der Waals surface area (Å²) in [4.78, 5) is 0. The van der Waals surface area contributed by atoms with Crippen molar-refractivity contribution in [3.8, 4) is 0 Å². The minimum Gasteiger partial charge on any atom is -0.396 e. The first-order valence-electron chi connectivity index (χ1n) is 5.94. The van der Waals surface area contributed by atoms with Crippen LogP contribution in [0.3, 0.4) is 0 Å². The summed E-state index contributed by atoms with van der Waals surface area (Å²) >= 11 is 1.72. The van der Waals surface area contributed by atoms with Gasteiger partial charge in [0.25, 0.3) is 0 Å². The van der Waals surface area contributed by atoms with E-state index in [9.17, 15) is 5.11 Å². The minimum atomic E-state index is -0.499. The lowest BCUT2D eigenvalue weighted by molar-refractivity contribution is 0.0550. The van der Waals surface area contributed by atoms with Crippen molar-refractivity contribution in [2.24, 2.45) is 5.92 Å². The molecule has 17 heavy (non-hydrogen) atoms. The lowest BCUT2D eigenvalue weighted by Crippen LogP contribution is -2.39. The summed E-state index contributed by atoms with van der Waals surface area (Å²) in [6.07, 6.45) is -0.499. The van der Waals surface area contributed by atoms with Gasteiger partial charge in [-0.3, -0.25) is 0 Å². The third kappa shape index (κ3) is 4.34. The number of hydrogen-bond donors (Lipinski definition) is 2. The highest BCUT2D eigenvalue weighted by Gasteiger charge is 2.32. The predicted molar refractivity (Wildman–Crippen MR) is 74.1 cm³/mol. The van der Waals surface area contributed by atoms with E-state index in [4.69, 9.17) is 5.11 Å². The monoisotopic (exact) mass is 254 g/mol. The summed E-state index contributed by atoms with van der Waals surface area (Å²) in [7, 11) is 0. The smallest absolute Gasteiger partial charge is 0.0728 e. The first-order chi connectivity index (χ1) is 7.97. The molecular formula is C14H22O2S. The quantitative estimate of drug-likeness (QED) is 0.820. The fraction of sp³-hybridized carbons (Fsp3) is 0.571. The molecule has 0 radical (unpaired) electrons. The Morgan fingerprint density at radius 3 is 2.35 bits per heavy atom. The molecule has 0 heterocycles. The van der Waals surface area contributed by atoms with Crippen molar-refractivity contribution in [3.05, 3.63) is 35.9 Å². The lowest BCUT2D eigenvalue weighted by atomic mass is 9.95. The molecule has 1 aromatic carbocycles. The molecule has 0 aliphatic carbocycles. The highest BCUT2D eigenvalue weighted by molar-refractivity contribution is 7.99. The summed E-state index contributed by atoms with van der Waals surface area (Å²) in [6, 6.07) is 10.2. The lowest BCUT2D eigenvalue weighted by Gasteiger charge is -2.33. The number of aliphatic hydroxyl groups is 2. The van der Waals surface area contributed by atoms with Gasteiger partial charge in [0.1, 0.15) is 0 Å². The van der Waals surface area contributed by atoms with E-state index in [0.717, 1.165) is 5.75 Å². The molecule has 0 amide bonds. The third-order valence-corrected chi connectivity index (χ3v) is 4.46. The number of hydrogen-bond acceptors (Lipinski definition) is 3. The van der Waals surface area contributed by atoms with Gasteiger partial charge in [0.2, 0.25) is 0 Å². The van der Waals surface area contributed by atoms with Gasteiger partial charge < -0.3 is 10.2 Å². The van der Waals surface area contributed by atoms with E-state index in [1.54, 1.807) is 11.8 Å². The van der Waals surface area contributed by atoms with Gasteiger partial charge in [-0.15, -0.1) is 11.8 Å². The predicted octanol–water partition coefficient (Wildman–Crippen LogP) is 2.69. The average molecular weight is 254 g/mol. The summed E-state index contributed by atoms with van der Waals surface area (Å²) in [5, 5.41) is 19.2. The summed E-state index contributed by atoms with van der Waals surface area (Å²) in [5.74, 6) is 0.788. The highest BCUT2D eigenvalue weighted by atomic mass is 32.2. The van der Waals surface area contributed by atoms with Gasteiger partial charge in [-0.2, -0.15) is 0 Å². The molecule has 0 spiro atoms. The van der Waals surface area contributed by atoms with E-state index in [0.29, 0.717) is 0 Å². The molecule has 0 aromatic heterocycles. The van der Waals surface area contributed by atoms with Crippen LogP contribution in [0.25, 0.3) is 0 Å². The normalized spacial score (nSPS) is 15.6. The van der Waals surface area contributed by atoms with E-state index in [1.807, 2.05) is 39.0 Å². The second-order valence-corrected chi connectivity index (χ2v) is 6.61. The fourth-order valence-corrected chi connectivity index (χ4v) is 2.85. The summed E-state index contributed by atoms with van der Waals surface area (Å²) in [5.41, 5.74) is 1.26. The molecule has 0 saturated carbocycles. The molecule has 0 saturated heterocycles. The Bertz CT molecular complexity index is 324. The van der Waals surface area contributed by atoms with Crippen LogP contribution in [0.4, 0.5) is 0 Å². The Kier molecular flexibility index (Phi) is 5.50. The second kappa shape index (κ2) is 6.43. The van der Waals surface area contributed by atoms with Gasteiger partial charge in [0.15, 0.2) is 0 Å². The molecule has 0 fully saturated rings. The van der Waals surface area contributed by atoms with E-state index < -0.39 is 6.10 Å². The summed E-state index contributed by atoms with van der Waals surface area (Å²) in [6.45, 7) is 5.95. The van der Waals surface area contributed by atoms with Gasteiger partial charge in [-0.05, 0) is 19.4 Å². The third-order valence-electron chi connectivity index (χ3n) is 2.99. The maximum absolute atomic E-state index is 10.1. The van der Waals surface area contributed by atoms with Crippen LogP contribution >= 0.6 is 11.8 Å². The van der Waals surface area contributed by atoms with Crippen LogP contribution in [-0.2, 0) is 5.75 Å². The maximum atomic E-state index is 10.1. The Labute approximate surface area is 108 Å². The van der Waals surface area contributed by atoms with Crippen molar-refractivity contribution in [1.82, 2.24) is 0 Å². The molecule has 2 atom stereocenters. The minimum absolute atomic E-state index is 0.0243. The SMILES string of the molecule is C[C@H](CO)[C@H](O)C(C)(C)SCc1ccccc1. The molecule has 1 aromatic rings. The number of aliphatic hydroxyl groups excluding tert-OH is 2. The topological polar surface area (TPSA) is 40.5 Å². The van der Waals surface area contributed by atoms with Crippen LogP contribution in [0.15, 0.2) is 30.3 Å². The second-order valence-electron chi connectivity index (χ2n) is 4.98. The van der Waals surface area contributed by atoms with Crippen molar-refractivity contribution < 1.29 is 10.2 Å². The van der Waals surface area contributed by atoms with E-state index in [1.165, 1.54) is 5.56 Å². The molecule has 2 nitrogen and oxygen atoms in total. The van der Waals surface area contributed by atoms with Crippen LogP contribution in [0.5, 0.6) is 0 Å². The first-order valence-corrected chi connectivity index (χ1v) is 6.92. The standard InChI is InChI=1S/C14H22O2S/c1-11(9-15)13(16)14(2,3)17-10-12-7-5-4-6-8-12/h4-8,11,13,15-16H,9-10H2,1-3H3/t11-,13+/m1/s1. The maximum Gasteiger partial charge on any atom is 0.0728 e. The zero-order chi connectivity index (χ0) is 12.9. The molecule has 96 valence electrons. The molecule has 1 rings (SSSR count). The van der Waals surface area contributed by atoms with Gasteiger partial charge in [-0.1, -0.05) is 37.3 Å². The van der Waals surface area contributed by atoms with Crippen LogP contribution in [0.2, 0.25) is 0 Å². The van der Waals surface area contributed by atoms with Crippen molar-refractivity contribution in [1.29, 1.82) is 0 Å². The van der Waals surface area contributed by atoms with Crippen LogP contribution in [0, 0.1) is 5.92 Å². The molecule has 0 aliphatic rings. The molecule has 0 unspecified atom stereocenters.